The molecular formula is C16H33NO3. The molecule has 0 rings (SSSR count). The van der Waals surface area contributed by atoms with Crippen molar-refractivity contribution in [2.45, 2.75) is 59.3 Å². The van der Waals surface area contributed by atoms with Gasteiger partial charge in [-0.1, -0.05) is 39.0 Å². The first-order chi connectivity index (χ1) is 9.76. The molecule has 0 saturated carbocycles. The molecule has 0 aromatic carbocycles. The third-order valence-electron chi connectivity index (χ3n) is 3.36. The van der Waals surface area contributed by atoms with Crippen LogP contribution in [0.15, 0.2) is 0 Å². The summed E-state index contributed by atoms with van der Waals surface area (Å²) in [5, 5.41) is 0. The Morgan fingerprint density at radius 1 is 0.800 bits per heavy atom. The molecule has 0 spiro atoms. The fourth-order valence-corrected chi connectivity index (χ4v) is 2.03. The van der Waals surface area contributed by atoms with Gasteiger partial charge in [0.2, 0.25) is 5.91 Å². The third kappa shape index (κ3) is 11.2. The van der Waals surface area contributed by atoms with E-state index in [-0.39, 0.29) is 12.5 Å². The molecule has 0 aliphatic heterocycles. The molecule has 0 radical (unpaired) electrons. The summed E-state index contributed by atoms with van der Waals surface area (Å²) in [5.41, 5.74) is 0. The van der Waals surface area contributed by atoms with Crippen molar-refractivity contribution < 1.29 is 14.3 Å². The van der Waals surface area contributed by atoms with Crippen molar-refractivity contribution in [3.8, 4) is 0 Å². The van der Waals surface area contributed by atoms with Crippen molar-refractivity contribution in [3.05, 3.63) is 0 Å². The van der Waals surface area contributed by atoms with Crippen LogP contribution in [0.3, 0.4) is 0 Å². The van der Waals surface area contributed by atoms with Gasteiger partial charge in [-0.15, -0.1) is 0 Å². The third-order valence-corrected chi connectivity index (χ3v) is 3.36. The fraction of sp³-hybridized carbons (Fsp3) is 0.938. The molecule has 4 nitrogen and oxygen atoms in total. The molecule has 0 N–H and O–H groups in total. The number of ether oxygens (including phenoxy) is 2. The Bertz CT molecular complexity index is 218. The molecule has 0 fully saturated rings. The van der Waals surface area contributed by atoms with E-state index in [0.29, 0.717) is 13.2 Å². The van der Waals surface area contributed by atoms with Gasteiger partial charge in [-0.2, -0.15) is 0 Å². The highest BCUT2D eigenvalue weighted by molar-refractivity contribution is 5.77. The molecule has 0 saturated heterocycles. The number of carbonyl (C=O) groups is 1. The predicted octanol–water partition coefficient (Wildman–Crippen LogP) is 3.25. The van der Waals surface area contributed by atoms with Gasteiger partial charge in [0, 0.05) is 19.7 Å². The lowest BCUT2D eigenvalue weighted by molar-refractivity contribution is -0.136. The lowest BCUT2D eigenvalue weighted by Gasteiger charge is -2.18. The molecule has 1 amide bonds. The predicted molar refractivity (Wildman–Crippen MR) is 82.9 cm³/mol. The number of rotatable bonds is 14. The first-order valence-corrected chi connectivity index (χ1v) is 8.19. The maximum atomic E-state index is 11.6. The summed E-state index contributed by atoms with van der Waals surface area (Å²) >= 11 is 0. The van der Waals surface area contributed by atoms with E-state index in [4.69, 9.17) is 9.47 Å². The van der Waals surface area contributed by atoms with Crippen LogP contribution in [0.1, 0.15) is 59.3 Å². The minimum Gasteiger partial charge on any atom is -0.379 e. The first kappa shape index (κ1) is 19.4. The van der Waals surface area contributed by atoms with E-state index in [1.165, 1.54) is 32.1 Å². The lowest BCUT2D eigenvalue weighted by Crippen LogP contribution is -2.33. The Hall–Kier alpha value is -0.610. The standard InChI is InChI=1S/C16H33NO3/c1-4-7-8-9-10-11-12-19-13-14-20-15-16(18)17(5-2)6-3/h4-15H2,1-3H3. The van der Waals surface area contributed by atoms with Crippen LogP contribution in [0.25, 0.3) is 0 Å². The molecular weight excluding hydrogens is 254 g/mol. The van der Waals surface area contributed by atoms with Crippen molar-refractivity contribution in [1.29, 1.82) is 0 Å². The van der Waals surface area contributed by atoms with Gasteiger partial charge in [0.15, 0.2) is 0 Å². The van der Waals surface area contributed by atoms with E-state index >= 15 is 0 Å². The minimum atomic E-state index is 0.0610. The van der Waals surface area contributed by atoms with Crippen molar-refractivity contribution in [1.82, 2.24) is 4.90 Å². The number of hydrogen-bond acceptors (Lipinski definition) is 3. The van der Waals surface area contributed by atoms with E-state index in [1.54, 1.807) is 4.90 Å². The largest absolute Gasteiger partial charge is 0.379 e. The Balaban J connectivity index is 3.22. The quantitative estimate of drug-likeness (QED) is 0.460. The van der Waals surface area contributed by atoms with Gasteiger partial charge in [0.25, 0.3) is 0 Å². The highest BCUT2D eigenvalue weighted by Gasteiger charge is 2.08. The van der Waals surface area contributed by atoms with E-state index in [0.717, 1.165) is 26.1 Å². The summed E-state index contributed by atoms with van der Waals surface area (Å²) in [4.78, 5) is 13.4. The normalized spacial score (nSPS) is 10.8. The van der Waals surface area contributed by atoms with Crippen LogP contribution in [0.4, 0.5) is 0 Å². The highest BCUT2D eigenvalue weighted by Crippen LogP contribution is 2.04. The topological polar surface area (TPSA) is 38.8 Å². The number of hydrogen-bond donors (Lipinski definition) is 0. The summed E-state index contributed by atoms with van der Waals surface area (Å²) in [6.45, 7) is 9.73. The molecule has 20 heavy (non-hydrogen) atoms. The van der Waals surface area contributed by atoms with Gasteiger partial charge >= 0.3 is 0 Å². The van der Waals surface area contributed by atoms with Crippen LogP contribution in [0.2, 0.25) is 0 Å². The zero-order chi connectivity index (χ0) is 15.1. The summed E-state index contributed by atoms with van der Waals surface area (Å²) < 4.78 is 10.8. The number of carbonyl (C=O) groups excluding carboxylic acids is 1. The molecule has 0 heterocycles. The second kappa shape index (κ2) is 14.8. The summed E-state index contributed by atoms with van der Waals surface area (Å²) in [5.74, 6) is 0.0610. The Morgan fingerprint density at radius 2 is 1.40 bits per heavy atom. The van der Waals surface area contributed by atoms with Gasteiger partial charge < -0.3 is 14.4 Å². The number of nitrogens with zero attached hydrogens (tertiary/aromatic N) is 1. The van der Waals surface area contributed by atoms with Crippen LogP contribution >= 0.6 is 0 Å². The van der Waals surface area contributed by atoms with Crippen molar-refractivity contribution in [2.24, 2.45) is 0 Å². The maximum Gasteiger partial charge on any atom is 0.248 e. The van der Waals surface area contributed by atoms with Crippen LogP contribution in [0, 0.1) is 0 Å². The van der Waals surface area contributed by atoms with Gasteiger partial charge in [-0.3, -0.25) is 4.79 Å². The molecule has 0 aliphatic rings. The summed E-state index contributed by atoms with van der Waals surface area (Å²) in [6, 6.07) is 0. The van der Waals surface area contributed by atoms with Crippen molar-refractivity contribution in [3.63, 3.8) is 0 Å². The lowest BCUT2D eigenvalue weighted by atomic mass is 10.1. The molecule has 0 unspecified atom stereocenters. The molecule has 4 heteroatoms. The Labute approximate surface area is 124 Å². The zero-order valence-electron chi connectivity index (χ0n) is 13.7. The van der Waals surface area contributed by atoms with Crippen molar-refractivity contribution >= 4 is 5.91 Å². The monoisotopic (exact) mass is 287 g/mol. The van der Waals surface area contributed by atoms with Gasteiger partial charge in [0.1, 0.15) is 6.61 Å². The molecule has 0 bridgehead atoms. The summed E-state index contributed by atoms with van der Waals surface area (Å²) in [6.07, 6.45) is 7.66. The van der Waals surface area contributed by atoms with E-state index in [1.807, 2.05) is 13.8 Å². The van der Waals surface area contributed by atoms with Crippen LogP contribution in [-0.2, 0) is 14.3 Å². The van der Waals surface area contributed by atoms with E-state index < -0.39 is 0 Å². The molecule has 0 aromatic heterocycles. The van der Waals surface area contributed by atoms with Crippen molar-refractivity contribution in [2.75, 3.05) is 39.5 Å². The maximum absolute atomic E-state index is 11.6. The minimum absolute atomic E-state index is 0.0610. The molecule has 0 aromatic rings. The zero-order valence-corrected chi connectivity index (χ0v) is 13.7. The second-order valence-electron chi connectivity index (χ2n) is 5.00. The average Bonchev–Trinajstić information content (AvgIpc) is 2.46. The van der Waals surface area contributed by atoms with Crippen LogP contribution < -0.4 is 0 Å². The molecule has 120 valence electrons. The van der Waals surface area contributed by atoms with Gasteiger partial charge in [-0.25, -0.2) is 0 Å². The average molecular weight is 287 g/mol. The number of unbranched alkanes of at least 4 members (excludes halogenated alkanes) is 5. The fourth-order valence-electron chi connectivity index (χ4n) is 2.03. The number of amides is 1. The summed E-state index contributed by atoms with van der Waals surface area (Å²) in [7, 11) is 0. The van der Waals surface area contributed by atoms with Crippen LogP contribution in [0.5, 0.6) is 0 Å². The molecule has 0 atom stereocenters. The molecule has 0 aliphatic carbocycles. The first-order valence-electron chi connectivity index (χ1n) is 8.19. The SMILES string of the molecule is CCCCCCCCOCCOCC(=O)N(CC)CC. The highest BCUT2D eigenvalue weighted by atomic mass is 16.5. The Morgan fingerprint density at radius 3 is 2.05 bits per heavy atom. The number of likely N-dealkylation sites (N-methyl/N-ethyl adjacent to an activating group) is 1. The second-order valence-corrected chi connectivity index (χ2v) is 5.00. The van der Waals surface area contributed by atoms with Gasteiger partial charge in [0.05, 0.1) is 13.2 Å². The van der Waals surface area contributed by atoms with E-state index in [2.05, 4.69) is 6.92 Å². The van der Waals surface area contributed by atoms with Crippen LogP contribution in [-0.4, -0.2) is 50.3 Å². The van der Waals surface area contributed by atoms with Gasteiger partial charge in [-0.05, 0) is 20.3 Å². The van der Waals surface area contributed by atoms with E-state index in [9.17, 15) is 4.79 Å². The Kier molecular flexibility index (Phi) is 14.3. The smallest absolute Gasteiger partial charge is 0.248 e.